The first kappa shape index (κ1) is 32.0. The number of H-pyrrole nitrogens is 1. The van der Waals surface area contributed by atoms with Gasteiger partial charge in [0.05, 0.1) is 5.39 Å². The molecule has 1 spiro atoms. The molecular weight excluding hydrogens is 608 g/mol. The van der Waals surface area contributed by atoms with Crippen molar-refractivity contribution in [3.05, 3.63) is 66.2 Å². The molecule has 0 aliphatic carbocycles. The van der Waals surface area contributed by atoms with Crippen LogP contribution < -0.4 is 15.5 Å². The molecule has 3 aromatic heterocycles. The normalized spacial score (nSPS) is 19.6. The molecule has 48 heavy (non-hydrogen) atoms. The molecule has 0 saturated carbocycles. The Morgan fingerprint density at radius 1 is 1.06 bits per heavy atom. The number of likely N-dealkylation sites (tertiary alicyclic amines) is 1. The summed E-state index contributed by atoms with van der Waals surface area (Å²) >= 11 is 0. The summed E-state index contributed by atoms with van der Waals surface area (Å²) in [6.07, 6.45) is 7.00. The van der Waals surface area contributed by atoms with Crippen LogP contribution in [0.5, 0.6) is 0 Å². The van der Waals surface area contributed by atoms with E-state index in [1.54, 1.807) is 12.5 Å². The molecule has 0 unspecified atom stereocenters. The molecule has 1 atom stereocenters. The van der Waals surface area contributed by atoms with Crippen molar-refractivity contribution in [3.8, 4) is 11.3 Å². The molecule has 3 aliphatic rings. The second-order valence-corrected chi connectivity index (χ2v) is 14.4. The van der Waals surface area contributed by atoms with E-state index >= 15 is 0 Å². The van der Waals surface area contributed by atoms with Crippen LogP contribution in [0.3, 0.4) is 0 Å². The largest absolute Gasteiger partial charge is 0.444 e. The van der Waals surface area contributed by atoms with Crippen molar-refractivity contribution in [2.45, 2.75) is 64.6 Å². The Morgan fingerprint density at radius 3 is 2.62 bits per heavy atom. The quantitative estimate of drug-likeness (QED) is 0.240. The Kier molecular flexibility index (Phi) is 8.78. The summed E-state index contributed by atoms with van der Waals surface area (Å²) in [7, 11) is 0. The van der Waals surface area contributed by atoms with Crippen LogP contribution in [-0.4, -0.2) is 87.9 Å². The van der Waals surface area contributed by atoms with E-state index in [1.807, 2.05) is 57.2 Å². The zero-order valence-electron chi connectivity index (χ0n) is 27.9. The number of alkyl carbamates (subject to hydrolysis) is 1. The van der Waals surface area contributed by atoms with Crippen molar-refractivity contribution in [1.29, 1.82) is 0 Å². The van der Waals surface area contributed by atoms with Crippen LogP contribution in [0.1, 0.15) is 62.5 Å². The maximum Gasteiger partial charge on any atom is 0.407 e. The summed E-state index contributed by atoms with van der Waals surface area (Å²) in [6.45, 7) is 11.6. The fraction of sp³-hybridized carbons (Fsp3) is 0.472. The molecule has 1 aromatic carbocycles. The lowest BCUT2D eigenvalue weighted by atomic mass is 9.73. The average molecular weight is 653 g/mol. The van der Waals surface area contributed by atoms with Crippen LogP contribution in [0.2, 0.25) is 0 Å². The van der Waals surface area contributed by atoms with E-state index in [0.29, 0.717) is 29.9 Å². The van der Waals surface area contributed by atoms with Crippen LogP contribution in [0.25, 0.3) is 22.3 Å². The first-order valence-electron chi connectivity index (χ1n) is 16.9. The van der Waals surface area contributed by atoms with Gasteiger partial charge in [0, 0.05) is 68.4 Å². The van der Waals surface area contributed by atoms with E-state index in [9.17, 15) is 9.59 Å². The van der Waals surface area contributed by atoms with Gasteiger partial charge in [-0.2, -0.15) is 0 Å². The van der Waals surface area contributed by atoms with Gasteiger partial charge in [-0.25, -0.2) is 14.8 Å². The zero-order chi connectivity index (χ0) is 33.3. The molecule has 7 rings (SSSR count). The number of ether oxygens (including phenoxy) is 2. The summed E-state index contributed by atoms with van der Waals surface area (Å²) in [6, 6.07) is 13.6. The smallest absolute Gasteiger partial charge is 0.407 e. The number of amides is 2. The molecule has 3 saturated heterocycles. The number of piperidine rings is 1. The average Bonchev–Trinajstić information content (AvgIpc) is 3.49. The third kappa shape index (κ3) is 7.29. The number of carbonyl (C=O) groups is 2. The maximum absolute atomic E-state index is 13.2. The predicted octanol–water partition coefficient (Wildman–Crippen LogP) is 5.38. The molecule has 2 amide bonds. The second-order valence-electron chi connectivity index (χ2n) is 14.4. The molecule has 0 radical (unpaired) electrons. The van der Waals surface area contributed by atoms with Crippen LogP contribution in [0.15, 0.2) is 55.0 Å². The molecule has 0 bridgehead atoms. The van der Waals surface area contributed by atoms with Crippen molar-refractivity contribution in [3.63, 3.8) is 0 Å². The number of anilines is 2. The monoisotopic (exact) mass is 652 g/mol. The molecule has 12 nitrogen and oxygen atoms in total. The van der Waals surface area contributed by atoms with E-state index in [4.69, 9.17) is 9.47 Å². The Hall–Kier alpha value is -4.55. The molecule has 252 valence electrons. The van der Waals surface area contributed by atoms with Gasteiger partial charge >= 0.3 is 6.09 Å². The van der Waals surface area contributed by atoms with Crippen LogP contribution in [0, 0.1) is 5.41 Å². The van der Waals surface area contributed by atoms with E-state index in [2.05, 4.69) is 46.4 Å². The minimum atomic E-state index is -0.533. The van der Waals surface area contributed by atoms with Gasteiger partial charge in [0.15, 0.2) is 0 Å². The number of rotatable bonds is 7. The van der Waals surface area contributed by atoms with Crippen molar-refractivity contribution in [2.75, 3.05) is 49.6 Å². The number of carbonyl (C=O) groups excluding carboxylic acids is 2. The van der Waals surface area contributed by atoms with Gasteiger partial charge in [0.2, 0.25) is 0 Å². The summed E-state index contributed by atoms with van der Waals surface area (Å²) in [5.74, 6) is 0.700. The number of nitrogens with one attached hydrogen (secondary N) is 3. The van der Waals surface area contributed by atoms with Gasteiger partial charge in [-0.05, 0) is 94.5 Å². The molecule has 3 aliphatic heterocycles. The number of aromatic amines is 1. The third-order valence-electron chi connectivity index (χ3n) is 9.45. The predicted molar refractivity (Wildman–Crippen MR) is 184 cm³/mol. The molecule has 3 N–H and O–H groups in total. The highest BCUT2D eigenvalue weighted by molar-refractivity contribution is 6.03. The van der Waals surface area contributed by atoms with Crippen molar-refractivity contribution < 1.29 is 19.1 Å². The summed E-state index contributed by atoms with van der Waals surface area (Å²) in [4.78, 5) is 47.0. The van der Waals surface area contributed by atoms with E-state index < -0.39 is 5.60 Å². The Morgan fingerprint density at radius 2 is 1.85 bits per heavy atom. The Labute approximate surface area is 280 Å². The number of aromatic nitrogens is 4. The van der Waals surface area contributed by atoms with Crippen LogP contribution in [0.4, 0.5) is 16.3 Å². The zero-order valence-corrected chi connectivity index (χ0v) is 27.9. The topological polar surface area (TPSA) is 138 Å². The minimum Gasteiger partial charge on any atom is -0.444 e. The van der Waals surface area contributed by atoms with Gasteiger partial charge in [0.1, 0.15) is 29.1 Å². The van der Waals surface area contributed by atoms with Gasteiger partial charge < -0.3 is 30.0 Å². The summed E-state index contributed by atoms with van der Waals surface area (Å²) in [5.41, 5.74) is 4.59. The Bertz CT molecular complexity index is 1770. The van der Waals surface area contributed by atoms with Gasteiger partial charge in [-0.1, -0.05) is 12.1 Å². The highest BCUT2D eigenvalue weighted by Crippen LogP contribution is 2.43. The number of hydrogen-bond acceptors (Lipinski definition) is 9. The number of nitrogens with zero attached hydrogens (tertiary/aromatic N) is 5. The van der Waals surface area contributed by atoms with E-state index in [-0.39, 0.29) is 18.0 Å². The van der Waals surface area contributed by atoms with Crippen LogP contribution in [-0.2, 0) is 16.0 Å². The van der Waals surface area contributed by atoms with Gasteiger partial charge in [-0.15, -0.1) is 0 Å². The van der Waals surface area contributed by atoms with Crippen molar-refractivity contribution in [2.24, 2.45) is 5.41 Å². The fourth-order valence-corrected chi connectivity index (χ4v) is 7.04. The number of fused-ring (bicyclic) bond motifs is 1. The molecule has 12 heteroatoms. The molecular formula is C36H44N8O4. The number of pyridine rings is 1. The van der Waals surface area contributed by atoms with Gasteiger partial charge in [-0.3, -0.25) is 14.7 Å². The van der Waals surface area contributed by atoms with Crippen LogP contribution >= 0.6 is 0 Å². The highest BCUT2D eigenvalue weighted by Gasteiger charge is 2.44. The van der Waals surface area contributed by atoms with Gasteiger partial charge in [0.25, 0.3) is 5.91 Å². The fourth-order valence-electron chi connectivity index (χ4n) is 7.04. The lowest BCUT2D eigenvalue weighted by Gasteiger charge is -2.52. The highest BCUT2D eigenvalue weighted by atomic mass is 16.6. The molecule has 4 aromatic rings. The number of hydrogen-bond donors (Lipinski definition) is 3. The van der Waals surface area contributed by atoms with Crippen molar-refractivity contribution in [1.82, 2.24) is 30.2 Å². The van der Waals surface area contributed by atoms with E-state index in [0.717, 1.165) is 92.2 Å². The number of benzene rings is 1. The molecule has 6 heterocycles. The third-order valence-corrected chi connectivity index (χ3v) is 9.45. The summed E-state index contributed by atoms with van der Waals surface area (Å²) in [5, 5.41) is 6.99. The Balaban J connectivity index is 0.958. The lowest BCUT2D eigenvalue weighted by Crippen LogP contribution is -2.58. The lowest BCUT2D eigenvalue weighted by molar-refractivity contribution is -0.000365. The first-order chi connectivity index (χ1) is 23.1. The minimum absolute atomic E-state index is 0.0192. The first-order valence-corrected chi connectivity index (χ1v) is 16.9. The molecule has 3 fully saturated rings. The standard InChI is InChI=1S/C36H44N8O4/c1-35(2,3)48-34(46)41-27-5-4-14-43(20-27)19-24-10-13-37-30(17-24)33(45)40-26-8-6-25(7-9-26)29-18-28-31(42-29)38-23-39-32(28)44-21-36(22-44)11-15-47-16-12-36/h6-10,13,17-18,23,27H,4-5,11-12,14-16,19-22H2,1-3H3,(H,40,45)(H,41,46)(H,38,39,42)/t27-/m1/s1. The van der Waals surface area contributed by atoms with Crippen molar-refractivity contribution >= 4 is 34.5 Å². The SMILES string of the molecule is CC(C)(C)OC(=O)N[C@@H]1CCCN(Cc2ccnc(C(=O)Nc3ccc(-c4cc5c(N6CC7(CCOCC7)C6)ncnc5[nH]4)cc3)c2)C1. The summed E-state index contributed by atoms with van der Waals surface area (Å²) < 4.78 is 11.0. The van der Waals surface area contributed by atoms with E-state index in [1.165, 1.54) is 0 Å². The second kappa shape index (κ2) is 13.2. The maximum atomic E-state index is 13.2.